The Hall–Kier alpha value is -1.75. The summed E-state index contributed by atoms with van der Waals surface area (Å²) in [5.41, 5.74) is 1.13. The van der Waals surface area contributed by atoms with Crippen LogP contribution in [0.2, 0.25) is 0 Å². The predicted molar refractivity (Wildman–Crippen MR) is 75.7 cm³/mol. The zero-order chi connectivity index (χ0) is 13.8. The van der Waals surface area contributed by atoms with Gasteiger partial charge >= 0.3 is 0 Å². The normalized spacial score (nSPS) is 20.2. The third-order valence-electron chi connectivity index (χ3n) is 3.63. The fraction of sp³-hybridized carbons (Fsp3) is 0.500. The topological polar surface area (TPSA) is 44.8 Å². The number of rotatable bonds is 3. The molecule has 0 aliphatic carbocycles. The second-order valence-corrected chi connectivity index (χ2v) is 4.75. The predicted octanol–water partition coefficient (Wildman–Crippen LogP) is 0.562. The number of methoxy groups -OCH3 is 1. The maximum Gasteiger partial charge on any atom is 0.238 e. The molecule has 1 N–H and O–H groups in total. The molecule has 1 atom stereocenters. The minimum absolute atomic E-state index is 0.0701. The van der Waals surface area contributed by atoms with E-state index in [1.807, 2.05) is 31.3 Å². The van der Waals surface area contributed by atoms with Gasteiger partial charge in [-0.05, 0) is 31.3 Å². The highest BCUT2D eigenvalue weighted by Crippen LogP contribution is 2.21. The summed E-state index contributed by atoms with van der Waals surface area (Å²) in [5, 5.41) is 2.73. The van der Waals surface area contributed by atoms with Gasteiger partial charge in [-0.1, -0.05) is 0 Å². The number of piperazine rings is 1. The number of nitrogens with one attached hydrogen (secondary N) is 1. The molecule has 19 heavy (non-hydrogen) atoms. The van der Waals surface area contributed by atoms with E-state index < -0.39 is 0 Å². The smallest absolute Gasteiger partial charge is 0.238 e. The van der Waals surface area contributed by atoms with E-state index in [0.29, 0.717) is 6.54 Å². The lowest BCUT2D eigenvalue weighted by Gasteiger charge is -2.39. The summed E-state index contributed by atoms with van der Waals surface area (Å²) in [6.07, 6.45) is 0. The molecule has 104 valence electrons. The number of carbonyl (C=O) groups excluding carboxylic acids is 1. The Kier molecular flexibility index (Phi) is 4.27. The fourth-order valence-corrected chi connectivity index (χ4v) is 2.35. The first-order valence-electron chi connectivity index (χ1n) is 6.46. The molecule has 1 saturated heterocycles. The molecule has 1 aromatic rings. The highest BCUT2D eigenvalue weighted by molar-refractivity contribution is 5.82. The third-order valence-corrected chi connectivity index (χ3v) is 3.63. The number of amides is 1. The van der Waals surface area contributed by atoms with E-state index in [1.54, 1.807) is 14.2 Å². The van der Waals surface area contributed by atoms with Crippen molar-refractivity contribution in [2.75, 3.05) is 45.7 Å². The lowest BCUT2D eigenvalue weighted by Crippen LogP contribution is -2.57. The molecule has 0 saturated carbocycles. The summed E-state index contributed by atoms with van der Waals surface area (Å²) in [6.45, 7) is 2.52. The van der Waals surface area contributed by atoms with E-state index in [2.05, 4.69) is 15.1 Å². The number of anilines is 1. The largest absolute Gasteiger partial charge is 0.497 e. The molecular formula is C14H21N3O2. The average Bonchev–Trinajstić information content (AvgIpc) is 2.47. The van der Waals surface area contributed by atoms with Crippen LogP contribution in [0.1, 0.15) is 0 Å². The molecule has 0 spiro atoms. The SMILES string of the molecule is CNC(=O)[C@@H]1CN(c2ccc(OC)cc2)CCN1C. The van der Waals surface area contributed by atoms with E-state index >= 15 is 0 Å². The van der Waals surface area contributed by atoms with E-state index in [4.69, 9.17) is 4.74 Å². The third kappa shape index (κ3) is 2.98. The zero-order valence-electron chi connectivity index (χ0n) is 11.7. The van der Waals surface area contributed by atoms with Crippen LogP contribution in [0.3, 0.4) is 0 Å². The number of hydrogen-bond acceptors (Lipinski definition) is 4. The van der Waals surface area contributed by atoms with Gasteiger partial charge in [-0.2, -0.15) is 0 Å². The maximum atomic E-state index is 11.9. The summed E-state index contributed by atoms with van der Waals surface area (Å²) in [4.78, 5) is 16.2. The summed E-state index contributed by atoms with van der Waals surface area (Å²) in [5.74, 6) is 0.918. The summed E-state index contributed by atoms with van der Waals surface area (Å²) < 4.78 is 5.16. The summed E-state index contributed by atoms with van der Waals surface area (Å²) in [7, 11) is 5.33. The Morgan fingerprint density at radius 3 is 2.58 bits per heavy atom. The first-order valence-corrected chi connectivity index (χ1v) is 6.46. The van der Waals surface area contributed by atoms with Crippen molar-refractivity contribution in [2.45, 2.75) is 6.04 Å². The van der Waals surface area contributed by atoms with Gasteiger partial charge in [-0.25, -0.2) is 0 Å². The van der Waals surface area contributed by atoms with Crippen LogP contribution < -0.4 is 15.0 Å². The lowest BCUT2D eigenvalue weighted by molar-refractivity contribution is -0.125. The van der Waals surface area contributed by atoms with Crippen molar-refractivity contribution < 1.29 is 9.53 Å². The second-order valence-electron chi connectivity index (χ2n) is 4.75. The Bertz CT molecular complexity index is 433. The molecular weight excluding hydrogens is 242 g/mol. The van der Waals surface area contributed by atoms with Gasteiger partial charge in [0.15, 0.2) is 0 Å². The molecule has 0 unspecified atom stereocenters. The van der Waals surface area contributed by atoms with Crippen LogP contribution in [0.15, 0.2) is 24.3 Å². The van der Waals surface area contributed by atoms with Gasteiger partial charge in [0.1, 0.15) is 11.8 Å². The summed E-state index contributed by atoms with van der Waals surface area (Å²) in [6, 6.07) is 7.86. The number of hydrogen-bond donors (Lipinski definition) is 1. The van der Waals surface area contributed by atoms with Crippen LogP contribution in [0.25, 0.3) is 0 Å². The van der Waals surface area contributed by atoms with Gasteiger partial charge in [-0.15, -0.1) is 0 Å². The van der Waals surface area contributed by atoms with Gasteiger partial charge in [0.05, 0.1) is 7.11 Å². The molecule has 5 heteroatoms. The van der Waals surface area contributed by atoms with Crippen LogP contribution in [-0.2, 0) is 4.79 Å². The van der Waals surface area contributed by atoms with Crippen molar-refractivity contribution in [1.82, 2.24) is 10.2 Å². The van der Waals surface area contributed by atoms with Crippen molar-refractivity contribution >= 4 is 11.6 Å². The number of carbonyl (C=O) groups is 1. The van der Waals surface area contributed by atoms with E-state index in [-0.39, 0.29) is 11.9 Å². The number of likely N-dealkylation sites (N-methyl/N-ethyl adjacent to an activating group) is 2. The first-order chi connectivity index (χ1) is 9.15. The highest BCUT2D eigenvalue weighted by atomic mass is 16.5. The standard InChI is InChI=1S/C14H21N3O2/c1-15-14(18)13-10-17(9-8-16(13)2)11-4-6-12(19-3)7-5-11/h4-7,13H,8-10H2,1-3H3,(H,15,18)/t13-/m0/s1. The molecule has 1 aromatic carbocycles. The molecule has 0 radical (unpaired) electrons. The monoisotopic (exact) mass is 263 g/mol. The van der Waals surface area contributed by atoms with Crippen molar-refractivity contribution in [3.63, 3.8) is 0 Å². The minimum Gasteiger partial charge on any atom is -0.497 e. The molecule has 0 aromatic heterocycles. The average molecular weight is 263 g/mol. The quantitative estimate of drug-likeness (QED) is 0.865. The Morgan fingerprint density at radius 1 is 1.32 bits per heavy atom. The number of ether oxygens (including phenoxy) is 1. The van der Waals surface area contributed by atoms with Crippen LogP contribution in [0.5, 0.6) is 5.75 Å². The van der Waals surface area contributed by atoms with Crippen LogP contribution >= 0.6 is 0 Å². The molecule has 1 fully saturated rings. The van der Waals surface area contributed by atoms with Crippen molar-refractivity contribution in [1.29, 1.82) is 0 Å². The first kappa shape index (κ1) is 13.7. The van der Waals surface area contributed by atoms with Crippen molar-refractivity contribution in [3.8, 4) is 5.75 Å². The molecule has 5 nitrogen and oxygen atoms in total. The van der Waals surface area contributed by atoms with Crippen molar-refractivity contribution in [3.05, 3.63) is 24.3 Å². The van der Waals surface area contributed by atoms with Gasteiger partial charge in [-0.3, -0.25) is 9.69 Å². The maximum absolute atomic E-state index is 11.9. The number of benzene rings is 1. The van der Waals surface area contributed by atoms with Gasteiger partial charge in [0, 0.05) is 32.4 Å². The van der Waals surface area contributed by atoms with E-state index in [0.717, 1.165) is 24.5 Å². The summed E-state index contributed by atoms with van der Waals surface area (Å²) >= 11 is 0. The van der Waals surface area contributed by atoms with E-state index in [9.17, 15) is 4.79 Å². The van der Waals surface area contributed by atoms with Crippen LogP contribution in [-0.4, -0.2) is 57.7 Å². The Labute approximate surface area is 114 Å². The van der Waals surface area contributed by atoms with Crippen LogP contribution in [0.4, 0.5) is 5.69 Å². The highest BCUT2D eigenvalue weighted by Gasteiger charge is 2.29. The molecule has 1 amide bonds. The van der Waals surface area contributed by atoms with Crippen LogP contribution in [0, 0.1) is 0 Å². The zero-order valence-corrected chi connectivity index (χ0v) is 11.7. The van der Waals surface area contributed by atoms with Gasteiger partial charge < -0.3 is 15.0 Å². The molecule has 1 heterocycles. The second kappa shape index (κ2) is 5.93. The fourth-order valence-electron chi connectivity index (χ4n) is 2.35. The molecule has 0 bridgehead atoms. The molecule has 2 rings (SSSR count). The Morgan fingerprint density at radius 2 is 2.00 bits per heavy atom. The van der Waals surface area contributed by atoms with Gasteiger partial charge in [0.25, 0.3) is 0 Å². The lowest BCUT2D eigenvalue weighted by atomic mass is 10.1. The molecule has 1 aliphatic heterocycles. The van der Waals surface area contributed by atoms with E-state index in [1.165, 1.54) is 0 Å². The Balaban J connectivity index is 2.10. The molecule has 1 aliphatic rings. The number of nitrogens with zero attached hydrogens (tertiary/aromatic N) is 2. The minimum atomic E-state index is -0.0964. The van der Waals surface area contributed by atoms with Crippen molar-refractivity contribution in [2.24, 2.45) is 0 Å². The van der Waals surface area contributed by atoms with Gasteiger partial charge in [0.2, 0.25) is 5.91 Å².